The number of hydrogen-bond acceptors (Lipinski definition) is 3. The summed E-state index contributed by atoms with van der Waals surface area (Å²) in [4.78, 5) is 29.2. The Morgan fingerprint density at radius 2 is 1.96 bits per heavy atom. The lowest BCUT2D eigenvalue weighted by atomic mass is 10.1. The van der Waals surface area contributed by atoms with Crippen LogP contribution in [-0.4, -0.2) is 35.3 Å². The molecule has 0 aliphatic carbocycles. The number of aryl methyl sites for hydroxylation is 1. The lowest BCUT2D eigenvalue weighted by Gasteiger charge is -2.15. The van der Waals surface area contributed by atoms with Crippen molar-refractivity contribution in [3.63, 3.8) is 0 Å². The van der Waals surface area contributed by atoms with E-state index in [2.05, 4.69) is 10.3 Å². The molecular weight excluding hydrogens is 395 g/mol. The molecule has 1 aromatic carbocycles. The van der Waals surface area contributed by atoms with Gasteiger partial charge in [-0.25, -0.2) is 4.98 Å². The van der Waals surface area contributed by atoms with E-state index in [0.717, 1.165) is 34.7 Å². The molecule has 0 spiro atoms. The van der Waals surface area contributed by atoms with Crippen molar-refractivity contribution in [1.29, 1.82) is 0 Å². The van der Waals surface area contributed by atoms with E-state index in [-0.39, 0.29) is 17.1 Å². The van der Waals surface area contributed by atoms with Gasteiger partial charge in [-0.3, -0.25) is 9.59 Å². The van der Waals surface area contributed by atoms with Gasteiger partial charge in [0.05, 0.1) is 12.1 Å². The molecule has 1 aromatic heterocycles. The first-order valence-corrected chi connectivity index (χ1v) is 8.46. The number of anilines is 1. The summed E-state index contributed by atoms with van der Waals surface area (Å²) in [6.07, 6.45) is -0.743. The summed E-state index contributed by atoms with van der Waals surface area (Å²) >= 11 is 5.88. The van der Waals surface area contributed by atoms with E-state index < -0.39 is 23.6 Å². The third-order valence-electron chi connectivity index (χ3n) is 3.67. The van der Waals surface area contributed by atoms with Crippen molar-refractivity contribution in [3.8, 4) is 0 Å². The quantitative estimate of drug-likeness (QED) is 0.751. The molecule has 2 amide bonds. The van der Waals surface area contributed by atoms with Crippen molar-refractivity contribution < 1.29 is 22.8 Å². The second kappa shape index (κ2) is 8.88. The van der Waals surface area contributed by atoms with E-state index in [4.69, 9.17) is 11.6 Å². The monoisotopic (exact) mass is 411 g/mol. The van der Waals surface area contributed by atoms with Gasteiger partial charge in [-0.15, -0.1) is 0 Å². The number of benzene rings is 1. The highest BCUT2D eigenvalue weighted by molar-refractivity contribution is 6.32. The van der Waals surface area contributed by atoms with E-state index in [1.165, 1.54) is 13.1 Å². The first-order chi connectivity index (χ1) is 13.1. The van der Waals surface area contributed by atoms with Crippen LogP contribution in [0.1, 0.15) is 16.7 Å². The number of alkyl halides is 3. The molecule has 1 N–H and O–H groups in total. The van der Waals surface area contributed by atoms with Crippen LogP contribution < -0.4 is 5.32 Å². The van der Waals surface area contributed by atoms with Gasteiger partial charge in [0.15, 0.2) is 0 Å². The molecule has 0 fully saturated rings. The van der Waals surface area contributed by atoms with Crippen molar-refractivity contribution in [2.45, 2.75) is 13.1 Å². The van der Waals surface area contributed by atoms with Gasteiger partial charge in [0.25, 0.3) is 0 Å². The highest BCUT2D eigenvalue weighted by atomic mass is 35.5. The van der Waals surface area contributed by atoms with Gasteiger partial charge < -0.3 is 10.2 Å². The normalized spacial score (nSPS) is 11.5. The minimum atomic E-state index is -4.52. The fraction of sp³-hybridized carbons (Fsp3) is 0.211. The van der Waals surface area contributed by atoms with Crippen LogP contribution in [0.2, 0.25) is 5.02 Å². The number of nitrogens with one attached hydrogen (secondary N) is 1. The number of rotatable bonds is 5. The predicted octanol–water partition coefficient (Wildman–Crippen LogP) is 4.17. The summed E-state index contributed by atoms with van der Waals surface area (Å²) in [6.45, 7) is 1.59. The van der Waals surface area contributed by atoms with Crippen LogP contribution in [0.15, 0.2) is 42.6 Å². The van der Waals surface area contributed by atoms with E-state index in [9.17, 15) is 22.8 Å². The summed E-state index contributed by atoms with van der Waals surface area (Å²) in [6, 6.07) is 6.27. The summed E-state index contributed by atoms with van der Waals surface area (Å²) in [5.74, 6) is -0.669. The Kier molecular flexibility index (Phi) is 6.80. The van der Waals surface area contributed by atoms with Crippen LogP contribution in [-0.2, 0) is 15.8 Å². The van der Waals surface area contributed by atoms with Gasteiger partial charge in [-0.05, 0) is 54.5 Å². The summed E-state index contributed by atoms with van der Waals surface area (Å²) < 4.78 is 38.3. The topological polar surface area (TPSA) is 62.3 Å². The number of likely N-dealkylation sites (N-methyl/N-ethyl adjacent to an activating group) is 1. The summed E-state index contributed by atoms with van der Waals surface area (Å²) in [5, 5.41) is 2.63. The first kappa shape index (κ1) is 21.4. The molecule has 2 rings (SSSR count). The molecule has 0 saturated heterocycles. The second-order valence-corrected chi connectivity index (χ2v) is 6.44. The average molecular weight is 412 g/mol. The molecule has 1 heterocycles. The van der Waals surface area contributed by atoms with Crippen molar-refractivity contribution >= 4 is 35.3 Å². The molecule has 0 bridgehead atoms. The maximum Gasteiger partial charge on any atom is 0.416 e. The van der Waals surface area contributed by atoms with Gasteiger partial charge in [-0.2, -0.15) is 13.2 Å². The van der Waals surface area contributed by atoms with Crippen molar-refractivity contribution in [2.24, 2.45) is 0 Å². The number of aromatic nitrogens is 1. The largest absolute Gasteiger partial charge is 0.416 e. The molecule has 0 aliphatic heterocycles. The zero-order valence-electron chi connectivity index (χ0n) is 15.0. The van der Waals surface area contributed by atoms with Crippen molar-refractivity contribution in [1.82, 2.24) is 9.88 Å². The van der Waals surface area contributed by atoms with Gasteiger partial charge in [0.2, 0.25) is 11.8 Å². The minimum absolute atomic E-state index is 0.0478. The summed E-state index contributed by atoms with van der Waals surface area (Å²) in [5.41, 5.74) is 0.0877. The smallest absolute Gasteiger partial charge is 0.333 e. The molecule has 0 atom stereocenters. The molecule has 2 aromatic rings. The molecule has 0 aliphatic rings. The van der Waals surface area contributed by atoms with Crippen LogP contribution in [0.25, 0.3) is 6.08 Å². The Bertz CT molecular complexity index is 914. The third kappa shape index (κ3) is 6.09. The van der Waals surface area contributed by atoms with E-state index in [1.54, 1.807) is 18.3 Å². The van der Waals surface area contributed by atoms with Crippen LogP contribution in [0.4, 0.5) is 19.0 Å². The lowest BCUT2D eigenvalue weighted by molar-refractivity contribution is -0.137. The number of carbonyl (C=O) groups excluding carboxylic acids is 2. The third-order valence-corrected chi connectivity index (χ3v) is 4.01. The number of pyridine rings is 1. The standard InChI is InChI=1S/C19H17ClF3N3O2/c1-12-7-8-24-16(9-12)25-17(27)11-26(2)18(28)6-3-13-10-14(19(21,22)23)4-5-15(13)20/h3-10H,11H2,1-2H3,(H,24,25,27)/b6-3+. The molecule has 5 nitrogen and oxygen atoms in total. The van der Waals surface area contributed by atoms with Crippen LogP contribution in [0, 0.1) is 6.92 Å². The Morgan fingerprint density at radius 1 is 1.25 bits per heavy atom. The van der Waals surface area contributed by atoms with Crippen LogP contribution in [0.3, 0.4) is 0 Å². The highest BCUT2D eigenvalue weighted by Crippen LogP contribution is 2.32. The first-order valence-electron chi connectivity index (χ1n) is 8.08. The van der Waals surface area contributed by atoms with E-state index >= 15 is 0 Å². The highest BCUT2D eigenvalue weighted by Gasteiger charge is 2.30. The fourth-order valence-electron chi connectivity index (χ4n) is 2.22. The molecule has 9 heteroatoms. The number of amides is 2. The number of hydrogen-bond donors (Lipinski definition) is 1. The molecule has 0 saturated carbocycles. The number of halogens is 4. The molecular formula is C19H17ClF3N3O2. The average Bonchev–Trinajstić information content (AvgIpc) is 2.59. The zero-order chi connectivity index (χ0) is 20.9. The molecule has 148 valence electrons. The van der Waals surface area contributed by atoms with Gasteiger partial charge in [-0.1, -0.05) is 11.6 Å². The number of nitrogens with zero attached hydrogens (tertiary/aromatic N) is 2. The van der Waals surface area contributed by atoms with Crippen molar-refractivity contribution in [2.75, 3.05) is 18.9 Å². The second-order valence-electron chi connectivity index (χ2n) is 6.03. The van der Waals surface area contributed by atoms with Gasteiger partial charge >= 0.3 is 6.18 Å². The molecule has 28 heavy (non-hydrogen) atoms. The Hall–Kier alpha value is -2.87. The van der Waals surface area contributed by atoms with E-state index in [1.807, 2.05) is 6.92 Å². The van der Waals surface area contributed by atoms with Gasteiger partial charge in [0.1, 0.15) is 5.82 Å². The zero-order valence-corrected chi connectivity index (χ0v) is 15.8. The maximum atomic E-state index is 12.8. The Balaban J connectivity index is 2.01. The van der Waals surface area contributed by atoms with E-state index in [0.29, 0.717) is 5.82 Å². The fourth-order valence-corrected chi connectivity index (χ4v) is 2.40. The SMILES string of the molecule is Cc1ccnc(NC(=O)CN(C)C(=O)/C=C/c2cc(C(F)(F)F)ccc2Cl)c1. The minimum Gasteiger partial charge on any atom is -0.333 e. The summed E-state index contributed by atoms with van der Waals surface area (Å²) in [7, 11) is 1.39. The predicted molar refractivity (Wildman–Crippen MR) is 101 cm³/mol. The van der Waals surface area contributed by atoms with Crippen LogP contribution >= 0.6 is 11.6 Å². The van der Waals surface area contributed by atoms with Crippen molar-refractivity contribution in [3.05, 3.63) is 64.3 Å². The molecule has 0 unspecified atom stereocenters. The number of carbonyl (C=O) groups is 2. The lowest BCUT2D eigenvalue weighted by Crippen LogP contribution is -2.34. The van der Waals surface area contributed by atoms with Crippen LogP contribution in [0.5, 0.6) is 0 Å². The Morgan fingerprint density at radius 3 is 2.61 bits per heavy atom. The maximum absolute atomic E-state index is 12.8. The Labute approximate surface area is 164 Å². The van der Waals surface area contributed by atoms with Gasteiger partial charge in [0, 0.05) is 24.3 Å². The molecule has 0 radical (unpaired) electrons.